The van der Waals surface area contributed by atoms with Crippen LogP contribution in [0.25, 0.3) is 33.0 Å². The summed E-state index contributed by atoms with van der Waals surface area (Å²) in [6.07, 6.45) is 6.22. The molecule has 0 bridgehead atoms. The molecule has 4 aromatic rings. The van der Waals surface area contributed by atoms with Crippen molar-refractivity contribution in [1.82, 2.24) is 19.8 Å². The van der Waals surface area contributed by atoms with Crippen LogP contribution in [0, 0.1) is 0 Å². The Labute approximate surface area is 197 Å². The fourth-order valence-electron chi connectivity index (χ4n) is 6.13. The molecule has 5 heterocycles. The monoisotopic (exact) mass is 450 g/mol. The molecule has 0 radical (unpaired) electrons. The van der Waals surface area contributed by atoms with Crippen molar-refractivity contribution in [3.8, 4) is 0 Å². The Morgan fingerprint density at radius 1 is 0.882 bits per heavy atom. The fraction of sp³-hybridized carbons (Fsp3) is 0.286. The van der Waals surface area contributed by atoms with Crippen molar-refractivity contribution in [1.29, 1.82) is 0 Å². The van der Waals surface area contributed by atoms with Crippen LogP contribution >= 0.6 is 0 Å². The van der Waals surface area contributed by atoms with Gasteiger partial charge >= 0.3 is 0 Å². The number of para-hydroxylation sites is 1. The zero-order valence-corrected chi connectivity index (χ0v) is 19.4. The maximum atomic E-state index is 13.3. The number of nitrogens with one attached hydrogen (secondary N) is 2. The van der Waals surface area contributed by atoms with E-state index >= 15 is 0 Å². The van der Waals surface area contributed by atoms with Crippen LogP contribution in [0.3, 0.4) is 0 Å². The number of rotatable bonds is 2. The highest BCUT2D eigenvalue weighted by Gasteiger charge is 2.37. The highest BCUT2D eigenvalue weighted by molar-refractivity contribution is 6.50. The maximum absolute atomic E-state index is 13.3. The Hall–Kier alpha value is -3.64. The first-order valence-corrected chi connectivity index (χ1v) is 12.0. The van der Waals surface area contributed by atoms with Crippen LogP contribution in [0.2, 0.25) is 0 Å². The normalized spacial score (nSPS) is 19.2. The summed E-state index contributed by atoms with van der Waals surface area (Å²) in [5.74, 6) is -0.634. The lowest BCUT2D eigenvalue weighted by atomic mass is 9.89. The Morgan fingerprint density at radius 3 is 2.53 bits per heavy atom. The van der Waals surface area contributed by atoms with Crippen LogP contribution in [0.5, 0.6) is 0 Å². The van der Waals surface area contributed by atoms with Crippen LogP contribution in [-0.4, -0.2) is 27.5 Å². The molecule has 6 heteroatoms. The van der Waals surface area contributed by atoms with Gasteiger partial charge in [0.05, 0.1) is 22.2 Å². The number of imide groups is 1. The molecule has 2 N–H and O–H groups in total. The summed E-state index contributed by atoms with van der Waals surface area (Å²) in [4.78, 5) is 26.5. The summed E-state index contributed by atoms with van der Waals surface area (Å²) in [5.41, 5.74) is 7.40. The quantitative estimate of drug-likeness (QED) is 0.455. The molecule has 2 aromatic heterocycles. The third-order valence-corrected chi connectivity index (χ3v) is 7.89. The van der Waals surface area contributed by atoms with E-state index in [1.807, 2.05) is 6.07 Å². The smallest absolute Gasteiger partial charge is 0.259 e. The summed E-state index contributed by atoms with van der Waals surface area (Å²) in [6.45, 7) is 7.05. The molecule has 0 atom stereocenters. The topological polar surface area (TPSA) is 68.1 Å². The van der Waals surface area contributed by atoms with Crippen molar-refractivity contribution in [3.05, 3.63) is 71.0 Å². The zero-order chi connectivity index (χ0) is 23.2. The van der Waals surface area contributed by atoms with Crippen molar-refractivity contribution in [2.45, 2.75) is 45.3 Å². The standard InChI is InChI=1S/C28H26N4O2/c1-28(2)10-8-16-4-3-5-19-21(15-32(28)25(16)19)23-22(26(33)30-27(23)34)18-7-6-17-14-29-11-13-31-12-9-20(18)24(17)31/h3-7,9,12,15,29H,8,10-11,13-14H2,1-2H3,(H,30,33,34). The number of hydrogen-bond donors (Lipinski definition) is 2. The fourth-order valence-corrected chi connectivity index (χ4v) is 6.13. The third kappa shape index (κ3) is 2.54. The summed E-state index contributed by atoms with van der Waals surface area (Å²) in [5, 5.41) is 8.12. The minimum atomic E-state index is -0.319. The number of benzene rings is 2. The first-order valence-electron chi connectivity index (χ1n) is 12.0. The number of hydrogen-bond acceptors (Lipinski definition) is 3. The van der Waals surface area contributed by atoms with E-state index < -0.39 is 0 Å². The minimum Gasteiger partial charge on any atom is -0.346 e. The molecule has 170 valence electrons. The summed E-state index contributed by atoms with van der Waals surface area (Å²) in [6, 6.07) is 12.5. The first kappa shape index (κ1) is 19.8. The second-order valence-corrected chi connectivity index (χ2v) is 10.3. The summed E-state index contributed by atoms with van der Waals surface area (Å²) >= 11 is 0. The zero-order valence-electron chi connectivity index (χ0n) is 19.4. The Balaban J connectivity index is 1.55. The lowest BCUT2D eigenvalue weighted by Gasteiger charge is -2.33. The molecule has 6 nitrogen and oxygen atoms in total. The van der Waals surface area contributed by atoms with E-state index in [2.05, 4.69) is 76.3 Å². The molecule has 0 saturated heterocycles. The van der Waals surface area contributed by atoms with Crippen LogP contribution in [-0.2, 0) is 34.6 Å². The lowest BCUT2D eigenvalue weighted by Crippen LogP contribution is -2.29. The third-order valence-electron chi connectivity index (χ3n) is 7.89. The van der Waals surface area contributed by atoms with Crippen molar-refractivity contribution < 1.29 is 9.59 Å². The van der Waals surface area contributed by atoms with Crippen molar-refractivity contribution in [3.63, 3.8) is 0 Å². The summed E-state index contributed by atoms with van der Waals surface area (Å²) < 4.78 is 4.55. The van der Waals surface area contributed by atoms with E-state index in [4.69, 9.17) is 0 Å². The predicted molar refractivity (Wildman–Crippen MR) is 133 cm³/mol. The van der Waals surface area contributed by atoms with Gasteiger partial charge in [0.15, 0.2) is 0 Å². The first-order chi connectivity index (χ1) is 16.4. The molecular formula is C28H26N4O2. The highest BCUT2D eigenvalue weighted by atomic mass is 16.2. The number of carbonyl (C=O) groups is 2. The van der Waals surface area contributed by atoms with Crippen LogP contribution in [0.1, 0.15) is 42.5 Å². The van der Waals surface area contributed by atoms with Crippen LogP contribution in [0.4, 0.5) is 0 Å². The molecule has 0 aliphatic carbocycles. The Bertz CT molecular complexity index is 1600. The molecule has 3 aliphatic heterocycles. The van der Waals surface area contributed by atoms with E-state index in [1.165, 1.54) is 16.6 Å². The van der Waals surface area contributed by atoms with Crippen molar-refractivity contribution in [2.24, 2.45) is 0 Å². The highest BCUT2D eigenvalue weighted by Crippen LogP contribution is 2.43. The molecule has 0 unspecified atom stereocenters. The van der Waals surface area contributed by atoms with E-state index in [9.17, 15) is 9.59 Å². The molecule has 3 aliphatic rings. The van der Waals surface area contributed by atoms with Gasteiger partial charge in [-0.05, 0) is 49.4 Å². The van der Waals surface area contributed by atoms with Crippen LogP contribution < -0.4 is 10.6 Å². The SMILES string of the molecule is CC1(C)CCc2cccc3c(C4=C(c5ccc6c7c5ccn7CCNC6)C(=O)NC4=O)cn1c23. The van der Waals surface area contributed by atoms with Gasteiger partial charge in [-0.3, -0.25) is 14.9 Å². The van der Waals surface area contributed by atoms with Gasteiger partial charge in [-0.1, -0.05) is 30.3 Å². The number of carbonyl (C=O) groups excluding carboxylic acids is 2. The van der Waals surface area contributed by atoms with E-state index in [0.717, 1.165) is 59.9 Å². The molecule has 0 spiro atoms. The van der Waals surface area contributed by atoms with Gasteiger partial charge in [0.2, 0.25) is 0 Å². The van der Waals surface area contributed by atoms with Gasteiger partial charge in [0, 0.05) is 53.9 Å². The van der Waals surface area contributed by atoms with E-state index in [0.29, 0.717) is 11.1 Å². The van der Waals surface area contributed by atoms with Crippen molar-refractivity contribution >= 4 is 44.8 Å². The van der Waals surface area contributed by atoms with E-state index in [-0.39, 0.29) is 17.4 Å². The van der Waals surface area contributed by atoms with Crippen LogP contribution in [0.15, 0.2) is 48.8 Å². The number of aromatic nitrogens is 2. The van der Waals surface area contributed by atoms with Gasteiger partial charge in [0.1, 0.15) is 0 Å². The largest absolute Gasteiger partial charge is 0.346 e. The average molecular weight is 451 g/mol. The predicted octanol–water partition coefficient (Wildman–Crippen LogP) is 3.95. The number of aryl methyl sites for hydroxylation is 1. The number of amides is 2. The molecule has 2 amide bonds. The van der Waals surface area contributed by atoms with Gasteiger partial charge < -0.3 is 14.5 Å². The summed E-state index contributed by atoms with van der Waals surface area (Å²) in [7, 11) is 0. The van der Waals surface area contributed by atoms with Gasteiger partial charge in [-0.2, -0.15) is 0 Å². The minimum absolute atomic E-state index is 0.0565. The molecule has 7 rings (SSSR count). The maximum Gasteiger partial charge on any atom is 0.259 e. The molecular weight excluding hydrogens is 424 g/mol. The van der Waals surface area contributed by atoms with Crippen molar-refractivity contribution in [2.75, 3.05) is 6.54 Å². The molecule has 0 saturated carbocycles. The lowest BCUT2D eigenvalue weighted by molar-refractivity contribution is -0.122. The van der Waals surface area contributed by atoms with Gasteiger partial charge in [0.25, 0.3) is 11.8 Å². The second kappa shape index (κ2) is 6.70. The number of nitrogens with zero attached hydrogens (tertiary/aromatic N) is 2. The molecule has 2 aromatic carbocycles. The van der Waals surface area contributed by atoms with Gasteiger partial charge in [-0.15, -0.1) is 0 Å². The van der Waals surface area contributed by atoms with Gasteiger partial charge in [-0.25, -0.2) is 0 Å². The second-order valence-electron chi connectivity index (χ2n) is 10.3. The Morgan fingerprint density at radius 2 is 1.68 bits per heavy atom. The average Bonchev–Trinajstić information content (AvgIpc) is 3.44. The Kier molecular flexibility index (Phi) is 3.90. The van der Waals surface area contributed by atoms with E-state index in [1.54, 1.807) is 0 Å². The molecule has 0 fully saturated rings. The molecule has 34 heavy (non-hydrogen) atoms.